The molecule has 1 saturated carbocycles. The van der Waals surface area contributed by atoms with Gasteiger partial charge in [0.05, 0.1) is 32.7 Å². The Morgan fingerprint density at radius 3 is 1.70 bits per heavy atom. The summed E-state index contributed by atoms with van der Waals surface area (Å²) in [6.45, 7) is 2.80. The van der Waals surface area contributed by atoms with Gasteiger partial charge in [-0.05, 0) is 48.2 Å². The highest BCUT2D eigenvalue weighted by atomic mass is 16.5. The Hall–Kier alpha value is -3.67. The van der Waals surface area contributed by atoms with E-state index in [0.717, 1.165) is 49.5 Å². The monoisotopic (exact) mass is 559 g/mol. The maximum absolute atomic E-state index is 11.8. The minimum absolute atomic E-state index is 0.275. The van der Waals surface area contributed by atoms with Crippen LogP contribution in [0.2, 0.25) is 0 Å². The maximum atomic E-state index is 11.8. The molecule has 2 aromatic rings. The number of rotatable bonds is 10. The van der Waals surface area contributed by atoms with E-state index in [1.54, 1.807) is 14.2 Å². The number of carboxylic acid groups (broad SMARTS) is 3. The van der Waals surface area contributed by atoms with Crippen molar-refractivity contribution in [3.05, 3.63) is 59.7 Å². The van der Waals surface area contributed by atoms with E-state index in [-0.39, 0.29) is 11.8 Å². The predicted octanol–water partition coefficient (Wildman–Crippen LogP) is 2.58. The highest BCUT2D eigenvalue weighted by molar-refractivity contribution is 5.88. The van der Waals surface area contributed by atoms with Crippen LogP contribution in [-0.4, -0.2) is 81.3 Å². The lowest BCUT2D eigenvalue weighted by Gasteiger charge is -2.53. The fourth-order valence-electron chi connectivity index (χ4n) is 5.70. The van der Waals surface area contributed by atoms with Crippen molar-refractivity contribution in [3.63, 3.8) is 0 Å². The maximum Gasteiger partial charge on any atom is 0.336 e. The molecular weight excluding hydrogens is 522 g/mol. The number of piperidine rings is 1. The lowest BCUT2D eigenvalue weighted by Crippen LogP contribution is -2.57. The minimum atomic E-state index is -2.74. The molecule has 2 fully saturated rings. The van der Waals surface area contributed by atoms with Gasteiger partial charge in [0, 0.05) is 31.5 Å². The number of hydrogen-bond acceptors (Lipinski definition) is 8. The number of fused-ring (bicyclic) bond motifs is 2. The van der Waals surface area contributed by atoms with Crippen LogP contribution in [0.15, 0.2) is 48.5 Å². The van der Waals surface area contributed by atoms with Crippen molar-refractivity contribution in [3.8, 4) is 11.5 Å². The van der Waals surface area contributed by atoms with E-state index in [0.29, 0.717) is 0 Å². The lowest BCUT2D eigenvalue weighted by atomic mass is 9.62. The minimum Gasteiger partial charge on any atom is -0.497 e. The summed E-state index contributed by atoms with van der Waals surface area (Å²) < 4.78 is 10.5. The second kappa shape index (κ2) is 13.1. The van der Waals surface area contributed by atoms with Gasteiger partial charge in [-0.1, -0.05) is 30.7 Å². The predicted molar refractivity (Wildman–Crippen MR) is 143 cm³/mol. The van der Waals surface area contributed by atoms with Crippen molar-refractivity contribution < 1.29 is 49.4 Å². The number of aliphatic carboxylic acids is 3. The van der Waals surface area contributed by atoms with E-state index in [1.165, 1.54) is 12.0 Å². The zero-order chi connectivity index (χ0) is 29.5. The average Bonchev–Trinajstić information content (AvgIpc) is 2.89. The fraction of sp³-hybridized carbons (Fsp3) is 0.483. The van der Waals surface area contributed by atoms with Crippen LogP contribution < -0.4 is 9.47 Å². The molecule has 11 heteroatoms. The SMILES string of the molecule is COc1ccc(CN2CC3CCCC(C2)C3(O)c2ccc(OC)cc2)cc1.O=C(O)CC(O)(CC(=O)O)C(=O)O. The standard InChI is InChI=1S/C23H29NO3.C6H8O7/c1-26-21-10-6-17(7-11-21)14-24-15-19-4-3-5-20(16-24)23(19,25)18-8-12-22(27-2)13-9-18;7-3(8)1-6(13,5(11)12)2-4(9)10/h6-13,19-20,25H,3-5,14-16H2,1-2H3;13H,1-2H2,(H,7,8)(H,9,10)(H,11,12). The van der Waals surface area contributed by atoms with Crippen molar-refractivity contribution in [2.24, 2.45) is 11.8 Å². The molecule has 2 aromatic carbocycles. The molecule has 2 unspecified atom stereocenters. The van der Waals surface area contributed by atoms with Crippen LogP contribution >= 0.6 is 0 Å². The molecule has 0 spiro atoms. The third-order valence-corrected chi connectivity index (χ3v) is 7.71. The molecule has 218 valence electrons. The van der Waals surface area contributed by atoms with Gasteiger partial charge >= 0.3 is 17.9 Å². The van der Waals surface area contributed by atoms with Gasteiger partial charge in [-0.15, -0.1) is 0 Å². The van der Waals surface area contributed by atoms with Crippen LogP contribution in [0.5, 0.6) is 11.5 Å². The average molecular weight is 560 g/mol. The number of aliphatic hydroxyl groups is 2. The number of likely N-dealkylation sites (tertiary alicyclic amines) is 1. The molecule has 0 radical (unpaired) electrons. The number of carboxylic acids is 3. The summed E-state index contributed by atoms with van der Waals surface area (Å²) in [5.74, 6) is -2.74. The first-order chi connectivity index (χ1) is 18.9. The van der Waals surface area contributed by atoms with Crippen LogP contribution in [0.25, 0.3) is 0 Å². The first kappa shape index (κ1) is 30.9. The molecule has 0 aromatic heterocycles. The van der Waals surface area contributed by atoms with Crippen LogP contribution in [0.1, 0.15) is 43.2 Å². The molecule has 1 aliphatic carbocycles. The van der Waals surface area contributed by atoms with Crippen molar-refractivity contribution in [2.45, 2.75) is 49.9 Å². The Morgan fingerprint density at radius 1 is 0.850 bits per heavy atom. The second-order valence-corrected chi connectivity index (χ2v) is 10.4. The largest absolute Gasteiger partial charge is 0.497 e. The number of benzene rings is 2. The lowest BCUT2D eigenvalue weighted by molar-refractivity contribution is -0.170. The van der Waals surface area contributed by atoms with Crippen molar-refractivity contribution in [1.29, 1.82) is 0 Å². The molecule has 40 heavy (non-hydrogen) atoms. The molecule has 1 aliphatic heterocycles. The van der Waals surface area contributed by atoms with Gasteiger partial charge in [0.15, 0.2) is 5.60 Å². The molecule has 1 heterocycles. The summed E-state index contributed by atoms with van der Waals surface area (Å²) in [4.78, 5) is 33.0. The Morgan fingerprint density at radius 2 is 1.30 bits per heavy atom. The van der Waals surface area contributed by atoms with Gasteiger partial charge in [-0.25, -0.2) is 4.79 Å². The summed E-state index contributed by atoms with van der Waals surface area (Å²) in [5.41, 5.74) is -1.12. The number of ether oxygens (including phenoxy) is 2. The first-order valence-electron chi connectivity index (χ1n) is 13.0. The normalized spacial score (nSPS) is 22.4. The third-order valence-electron chi connectivity index (χ3n) is 7.71. The van der Waals surface area contributed by atoms with Gasteiger partial charge < -0.3 is 35.0 Å². The smallest absolute Gasteiger partial charge is 0.336 e. The van der Waals surface area contributed by atoms with Crippen molar-refractivity contribution in [2.75, 3.05) is 27.3 Å². The Kier molecular flexibility index (Phi) is 10.1. The summed E-state index contributed by atoms with van der Waals surface area (Å²) >= 11 is 0. The van der Waals surface area contributed by atoms with Gasteiger partial charge in [-0.3, -0.25) is 14.5 Å². The highest BCUT2D eigenvalue weighted by Crippen LogP contribution is 2.49. The summed E-state index contributed by atoms with van der Waals surface area (Å²) in [5, 5.41) is 45.6. The van der Waals surface area contributed by atoms with E-state index in [4.69, 9.17) is 29.9 Å². The molecule has 11 nitrogen and oxygen atoms in total. The van der Waals surface area contributed by atoms with E-state index >= 15 is 0 Å². The number of nitrogens with zero attached hydrogens (tertiary/aromatic N) is 1. The van der Waals surface area contributed by atoms with Gasteiger partial charge in [-0.2, -0.15) is 0 Å². The molecule has 1 saturated heterocycles. The Labute approximate surface area is 232 Å². The van der Waals surface area contributed by atoms with Crippen molar-refractivity contribution >= 4 is 17.9 Å². The van der Waals surface area contributed by atoms with Gasteiger partial charge in [0.1, 0.15) is 11.5 Å². The van der Waals surface area contributed by atoms with Crippen LogP contribution in [0.4, 0.5) is 0 Å². The second-order valence-electron chi connectivity index (χ2n) is 10.4. The molecule has 2 atom stereocenters. The quantitative estimate of drug-likeness (QED) is 0.289. The Bertz CT molecular complexity index is 1130. The van der Waals surface area contributed by atoms with Crippen LogP contribution in [-0.2, 0) is 26.5 Å². The zero-order valence-electron chi connectivity index (χ0n) is 22.7. The topological polar surface area (TPSA) is 174 Å². The molecule has 5 N–H and O–H groups in total. The van der Waals surface area contributed by atoms with Crippen molar-refractivity contribution in [1.82, 2.24) is 4.90 Å². The van der Waals surface area contributed by atoms with Gasteiger partial charge in [0.2, 0.25) is 0 Å². The van der Waals surface area contributed by atoms with E-state index in [2.05, 4.69) is 17.0 Å². The first-order valence-corrected chi connectivity index (χ1v) is 13.0. The third kappa shape index (κ3) is 7.29. The summed E-state index contributed by atoms with van der Waals surface area (Å²) in [6, 6.07) is 16.3. The van der Waals surface area contributed by atoms with Crippen LogP contribution in [0.3, 0.4) is 0 Å². The number of hydrogen-bond donors (Lipinski definition) is 5. The summed E-state index contributed by atoms with van der Waals surface area (Å²) in [7, 11) is 3.37. The van der Waals surface area contributed by atoms with Crippen LogP contribution in [0, 0.1) is 11.8 Å². The molecule has 0 amide bonds. The Balaban J connectivity index is 0.000000289. The number of methoxy groups -OCH3 is 2. The van der Waals surface area contributed by atoms with E-state index < -0.39 is 42.0 Å². The highest BCUT2D eigenvalue weighted by Gasteiger charge is 2.51. The van der Waals surface area contributed by atoms with E-state index in [9.17, 15) is 19.5 Å². The zero-order valence-corrected chi connectivity index (χ0v) is 22.7. The molecule has 2 aliphatic rings. The molecule has 4 rings (SSSR count). The molecular formula is C29H37NO10. The molecule has 2 bridgehead atoms. The number of carbonyl (C=O) groups is 3. The summed E-state index contributed by atoms with van der Waals surface area (Å²) in [6.07, 6.45) is 1.09. The fourth-order valence-corrected chi connectivity index (χ4v) is 5.70. The van der Waals surface area contributed by atoms with E-state index in [1.807, 2.05) is 36.4 Å². The van der Waals surface area contributed by atoms with Gasteiger partial charge in [0.25, 0.3) is 0 Å².